The van der Waals surface area contributed by atoms with Gasteiger partial charge in [-0.05, 0) is 22.8 Å². The smallest absolute Gasteiger partial charge is 0.308 e. The highest BCUT2D eigenvalue weighted by atomic mass is 16.5. The number of hydrogen-bond acceptors (Lipinski definition) is 3. The van der Waals surface area contributed by atoms with Crippen LogP contribution in [-0.2, 0) is 4.79 Å². The van der Waals surface area contributed by atoms with Gasteiger partial charge in [-0.3, -0.25) is 9.59 Å². The monoisotopic (exact) mass is 205 g/mol. The van der Waals surface area contributed by atoms with Crippen molar-refractivity contribution in [3.8, 4) is 5.75 Å². The Bertz CT molecular complexity index is 450. The van der Waals surface area contributed by atoms with E-state index in [-0.39, 0.29) is 11.3 Å². The maximum absolute atomic E-state index is 11.1. The molecule has 0 radical (unpaired) electrons. The second-order valence-corrected chi connectivity index (χ2v) is 2.62. The number of amides is 1. The highest BCUT2D eigenvalue weighted by Crippen LogP contribution is 2.14. The van der Waals surface area contributed by atoms with Crippen molar-refractivity contribution in [2.75, 3.05) is 0 Å². The normalized spacial score (nSPS) is 8.87. The molecule has 6 heteroatoms. The quantitative estimate of drug-likeness (QED) is 0.243. The van der Waals surface area contributed by atoms with Crippen molar-refractivity contribution in [3.63, 3.8) is 0 Å². The van der Waals surface area contributed by atoms with E-state index in [0.717, 1.165) is 0 Å². The number of benzene rings is 1. The third kappa shape index (κ3) is 3.13. The van der Waals surface area contributed by atoms with Crippen LogP contribution in [-0.4, -0.2) is 11.9 Å². The standard InChI is InChI=1S/C9H7N3O3/c1-6(13)15-8-4-2-3-7(5-8)9(14)11-12-10/h2-5H,1H3. The first kappa shape index (κ1) is 10.7. The lowest BCUT2D eigenvalue weighted by atomic mass is 10.2. The van der Waals surface area contributed by atoms with Crippen molar-refractivity contribution >= 4 is 11.9 Å². The number of hydrogen-bond donors (Lipinski definition) is 0. The van der Waals surface area contributed by atoms with Crippen LogP contribution in [0.25, 0.3) is 10.4 Å². The zero-order chi connectivity index (χ0) is 11.3. The predicted molar refractivity (Wildman–Crippen MR) is 51.2 cm³/mol. The SMILES string of the molecule is CC(=O)Oc1cccc(C(=O)N=[N+]=[N-])c1. The fraction of sp³-hybridized carbons (Fsp3) is 0.111. The van der Waals surface area contributed by atoms with E-state index in [1.54, 1.807) is 0 Å². The molecule has 1 aromatic carbocycles. The maximum atomic E-state index is 11.1. The number of carbonyl (C=O) groups excluding carboxylic acids is 2. The van der Waals surface area contributed by atoms with Gasteiger partial charge in [0.15, 0.2) is 0 Å². The number of azide groups is 1. The molecular weight excluding hydrogens is 198 g/mol. The summed E-state index contributed by atoms with van der Waals surface area (Å²) >= 11 is 0. The van der Waals surface area contributed by atoms with Crippen molar-refractivity contribution in [1.29, 1.82) is 0 Å². The fourth-order valence-electron chi connectivity index (χ4n) is 0.957. The van der Waals surface area contributed by atoms with Gasteiger partial charge in [0.2, 0.25) is 5.91 Å². The van der Waals surface area contributed by atoms with Gasteiger partial charge in [-0.25, -0.2) is 0 Å². The lowest BCUT2D eigenvalue weighted by molar-refractivity contribution is -0.131. The predicted octanol–water partition coefficient (Wildman–Crippen LogP) is 2.06. The van der Waals surface area contributed by atoms with Gasteiger partial charge in [0.1, 0.15) is 5.75 Å². The Morgan fingerprint density at radius 3 is 2.80 bits per heavy atom. The molecule has 0 spiro atoms. The van der Waals surface area contributed by atoms with Crippen LogP contribution < -0.4 is 4.74 Å². The van der Waals surface area contributed by atoms with E-state index >= 15 is 0 Å². The van der Waals surface area contributed by atoms with Crippen molar-refractivity contribution in [2.24, 2.45) is 5.11 Å². The number of carbonyl (C=O) groups is 2. The van der Waals surface area contributed by atoms with Crippen LogP contribution in [0.4, 0.5) is 0 Å². The summed E-state index contributed by atoms with van der Waals surface area (Å²) in [5.74, 6) is -0.962. The maximum Gasteiger partial charge on any atom is 0.308 e. The molecule has 0 aliphatic rings. The molecule has 0 aliphatic heterocycles. The van der Waals surface area contributed by atoms with Crippen molar-refractivity contribution in [1.82, 2.24) is 0 Å². The van der Waals surface area contributed by atoms with E-state index in [1.165, 1.54) is 31.2 Å². The Kier molecular flexibility index (Phi) is 3.43. The molecule has 0 unspecified atom stereocenters. The lowest BCUT2D eigenvalue weighted by Crippen LogP contribution is -2.02. The average Bonchev–Trinajstić information content (AvgIpc) is 2.17. The Morgan fingerprint density at radius 1 is 1.47 bits per heavy atom. The Labute approximate surface area is 85.1 Å². The molecule has 0 aromatic heterocycles. The molecule has 0 atom stereocenters. The largest absolute Gasteiger partial charge is 0.427 e. The van der Waals surface area contributed by atoms with Crippen molar-refractivity contribution in [3.05, 3.63) is 40.3 Å². The average molecular weight is 205 g/mol. The molecule has 0 saturated heterocycles. The van der Waals surface area contributed by atoms with E-state index < -0.39 is 11.9 Å². The summed E-state index contributed by atoms with van der Waals surface area (Å²) in [5, 5.41) is 2.92. The zero-order valence-corrected chi connectivity index (χ0v) is 7.88. The van der Waals surface area contributed by atoms with Gasteiger partial charge in [-0.1, -0.05) is 12.1 Å². The van der Waals surface area contributed by atoms with E-state index in [4.69, 9.17) is 10.3 Å². The molecule has 15 heavy (non-hydrogen) atoms. The molecule has 0 saturated carbocycles. The summed E-state index contributed by atoms with van der Waals surface area (Å²) in [6.07, 6.45) is 0. The van der Waals surface area contributed by atoms with Gasteiger partial charge in [-0.15, -0.1) is 0 Å². The highest BCUT2D eigenvalue weighted by Gasteiger charge is 2.05. The summed E-state index contributed by atoms with van der Waals surface area (Å²) in [4.78, 5) is 24.1. The Balaban J connectivity index is 2.96. The third-order valence-corrected chi connectivity index (χ3v) is 1.48. The van der Waals surface area contributed by atoms with Gasteiger partial charge in [0, 0.05) is 17.4 Å². The van der Waals surface area contributed by atoms with E-state index in [9.17, 15) is 9.59 Å². The van der Waals surface area contributed by atoms with Crippen LogP contribution in [0.2, 0.25) is 0 Å². The first-order chi connectivity index (χ1) is 7.13. The number of nitrogens with zero attached hydrogens (tertiary/aromatic N) is 3. The molecule has 0 bridgehead atoms. The summed E-state index contributed by atoms with van der Waals surface area (Å²) in [6.45, 7) is 1.25. The first-order valence-electron chi connectivity index (χ1n) is 4.01. The van der Waals surface area contributed by atoms with Crippen LogP contribution in [0.5, 0.6) is 5.75 Å². The molecule has 0 fully saturated rings. The minimum absolute atomic E-state index is 0.173. The molecule has 0 heterocycles. The van der Waals surface area contributed by atoms with Crippen LogP contribution in [0.15, 0.2) is 29.4 Å². The molecule has 1 amide bonds. The Morgan fingerprint density at radius 2 is 2.20 bits per heavy atom. The van der Waals surface area contributed by atoms with Gasteiger partial charge in [-0.2, -0.15) is 0 Å². The van der Waals surface area contributed by atoms with E-state index in [1.807, 2.05) is 0 Å². The van der Waals surface area contributed by atoms with Gasteiger partial charge >= 0.3 is 5.97 Å². The lowest BCUT2D eigenvalue weighted by Gasteiger charge is -2.01. The van der Waals surface area contributed by atoms with Crippen LogP contribution >= 0.6 is 0 Å². The van der Waals surface area contributed by atoms with Crippen LogP contribution in [0.1, 0.15) is 17.3 Å². The van der Waals surface area contributed by atoms with E-state index in [0.29, 0.717) is 0 Å². The zero-order valence-electron chi connectivity index (χ0n) is 7.88. The van der Waals surface area contributed by atoms with Gasteiger partial charge < -0.3 is 4.74 Å². The number of rotatable bonds is 2. The molecule has 0 aliphatic carbocycles. The topological polar surface area (TPSA) is 92.1 Å². The highest BCUT2D eigenvalue weighted by molar-refractivity contribution is 5.95. The van der Waals surface area contributed by atoms with E-state index in [2.05, 4.69) is 10.0 Å². The van der Waals surface area contributed by atoms with Gasteiger partial charge in [0.05, 0.1) is 0 Å². The first-order valence-corrected chi connectivity index (χ1v) is 4.01. The second-order valence-electron chi connectivity index (χ2n) is 2.62. The fourth-order valence-corrected chi connectivity index (χ4v) is 0.957. The minimum Gasteiger partial charge on any atom is -0.427 e. The van der Waals surface area contributed by atoms with Gasteiger partial charge in [0.25, 0.3) is 0 Å². The summed E-state index contributed by atoms with van der Waals surface area (Å²) < 4.78 is 4.76. The van der Waals surface area contributed by atoms with Crippen LogP contribution in [0, 0.1) is 0 Å². The number of esters is 1. The number of ether oxygens (including phenoxy) is 1. The summed E-state index contributed by atoms with van der Waals surface area (Å²) in [5.41, 5.74) is 8.24. The molecule has 6 nitrogen and oxygen atoms in total. The van der Waals surface area contributed by atoms with Crippen LogP contribution in [0.3, 0.4) is 0 Å². The molecule has 1 rings (SSSR count). The third-order valence-electron chi connectivity index (χ3n) is 1.48. The van der Waals surface area contributed by atoms with Crippen molar-refractivity contribution in [2.45, 2.75) is 6.92 Å². The summed E-state index contributed by atoms with van der Waals surface area (Å²) in [7, 11) is 0. The molecule has 0 N–H and O–H groups in total. The molecule has 1 aromatic rings. The minimum atomic E-state index is -0.716. The second kappa shape index (κ2) is 4.78. The molecular formula is C9H7N3O3. The summed E-state index contributed by atoms with van der Waals surface area (Å²) in [6, 6.07) is 5.84. The molecule has 76 valence electrons. The van der Waals surface area contributed by atoms with Crippen molar-refractivity contribution < 1.29 is 14.3 Å². The Hall–Kier alpha value is -2.33.